The lowest BCUT2D eigenvalue weighted by molar-refractivity contribution is 1.15. The summed E-state index contributed by atoms with van der Waals surface area (Å²) in [7, 11) is 0. The van der Waals surface area contributed by atoms with Crippen LogP contribution in [0.2, 0.25) is 0 Å². The third-order valence-electron chi connectivity index (χ3n) is 12.8. The van der Waals surface area contributed by atoms with Crippen LogP contribution in [0.15, 0.2) is 261 Å². The van der Waals surface area contributed by atoms with Crippen LogP contribution in [0.4, 0.5) is 0 Å². The smallest absolute Gasteiger partial charge is 0.160 e. The molecular weight excluding hydrogens is 811 g/mol. The summed E-state index contributed by atoms with van der Waals surface area (Å²) in [5.74, 6) is 0.676. The van der Waals surface area contributed by atoms with E-state index in [0.717, 1.165) is 66.7 Å². The van der Waals surface area contributed by atoms with E-state index in [1.54, 1.807) is 0 Å². The molecule has 0 saturated carbocycles. The molecule has 12 aromatic rings. The van der Waals surface area contributed by atoms with Crippen LogP contribution in [0.3, 0.4) is 0 Å². The lowest BCUT2D eigenvalue weighted by Gasteiger charge is -2.14. The van der Waals surface area contributed by atoms with Gasteiger partial charge in [0.15, 0.2) is 5.82 Å². The molecule has 314 valence electrons. The Kier molecular flexibility index (Phi) is 10.2. The van der Waals surface area contributed by atoms with E-state index in [1.807, 2.05) is 0 Å². The van der Waals surface area contributed by atoms with Gasteiger partial charge in [-0.05, 0) is 127 Å². The summed E-state index contributed by atoms with van der Waals surface area (Å²) in [4.78, 5) is 11.1. The maximum Gasteiger partial charge on any atom is 0.160 e. The van der Waals surface area contributed by atoms with Crippen molar-refractivity contribution in [2.24, 2.45) is 0 Å². The lowest BCUT2D eigenvalue weighted by atomic mass is 9.92. The van der Waals surface area contributed by atoms with Crippen molar-refractivity contribution in [2.45, 2.75) is 0 Å². The Balaban J connectivity index is 1.02. The number of aromatic nitrogens is 3. The molecule has 0 aliphatic rings. The Morgan fingerprint density at radius 1 is 0.254 bits per heavy atom. The van der Waals surface area contributed by atoms with Crippen LogP contribution in [-0.2, 0) is 0 Å². The molecule has 2 heterocycles. The second kappa shape index (κ2) is 17.2. The second-order valence-corrected chi connectivity index (χ2v) is 17.0. The zero-order valence-corrected chi connectivity index (χ0v) is 36.7. The molecule has 0 fully saturated rings. The first kappa shape index (κ1) is 39.7. The number of fused-ring (bicyclic) bond motifs is 3. The quantitative estimate of drug-likeness (QED) is 0.145. The average molecular weight is 854 g/mol. The van der Waals surface area contributed by atoms with Crippen molar-refractivity contribution in [1.82, 2.24) is 14.5 Å². The van der Waals surface area contributed by atoms with Crippen molar-refractivity contribution in [3.05, 3.63) is 261 Å². The van der Waals surface area contributed by atoms with E-state index in [0.29, 0.717) is 5.82 Å². The van der Waals surface area contributed by atoms with E-state index in [1.165, 1.54) is 44.5 Å². The van der Waals surface area contributed by atoms with Gasteiger partial charge in [-0.1, -0.05) is 200 Å². The third-order valence-corrected chi connectivity index (χ3v) is 12.8. The monoisotopic (exact) mass is 853 g/mol. The fraction of sp³-hybridized carbons (Fsp3) is 0. The topological polar surface area (TPSA) is 30.7 Å². The molecule has 0 atom stereocenters. The summed E-state index contributed by atoms with van der Waals surface area (Å²) in [5.41, 5.74) is 20.8. The van der Waals surface area contributed by atoms with Gasteiger partial charge in [0.2, 0.25) is 0 Å². The van der Waals surface area contributed by atoms with Crippen LogP contribution in [0.25, 0.3) is 117 Å². The number of nitrogens with zero attached hydrogens (tertiary/aromatic N) is 3. The van der Waals surface area contributed by atoms with Gasteiger partial charge in [-0.2, -0.15) is 0 Å². The zero-order chi connectivity index (χ0) is 44.5. The summed E-state index contributed by atoms with van der Waals surface area (Å²) in [6.45, 7) is 0. The first-order valence-electron chi connectivity index (χ1n) is 22.8. The number of benzene rings is 10. The Morgan fingerprint density at radius 3 is 1.13 bits per heavy atom. The molecule has 2 aromatic heterocycles. The van der Waals surface area contributed by atoms with Crippen molar-refractivity contribution in [1.29, 1.82) is 0 Å². The molecule has 3 heteroatoms. The molecule has 0 aliphatic carbocycles. The predicted molar refractivity (Wildman–Crippen MR) is 280 cm³/mol. The van der Waals surface area contributed by atoms with E-state index in [2.05, 4.69) is 265 Å². The average Bonchev–Trinajstić information content (AvgIpc) is 3.76. The molecule has 0 bridgehead atoms. The van der Waals surface area contributed by atoms with Gasteiger partial charge in [0.25, 0.3) is 0 Å². The van der Waals surface area contributed by atoms with E-state index < -0.39 is 0 Å². The summed E-state index contributed by atoms with van der Waals surface area (Å²) in [6, 6.07) is 93.1. The van der Waals surface area contributed by atoms with Gasteiger partial charge in [0, 0.05) is 22.2 Å². The summed E-state index contributed by atoms with van der Waals surface area (Å²) < 4.78 is 2.33. The third kappa shape index (κ3) is 7.69. The highest BCUT2D eigenvalue weighted by atomic mass is 15.0. The summed E-state index contributed by atoms with van der Waals surface area (Å²) in [6.07, 6.45) is 0. The van der Waals surface area contributed by atoms with Crippen LogP contribution in [-0.4, -0.2) is 14.5 Å². The Bertz CT molecular complexity index is 3670. The molecule has 0 N–H and O–H groups in total. The highest BCUT2D eigenvalue weighted by molar-refractivity contribution is 6.11. The largest absolute Gasteiger partial charge is 0.306 e. The van der Waals surface area contributed by atoms with Crippen molar-refractivity contribution in [2.75, 3.05) is 0 Å². The van der Waals surface area contributed by atoms with Gasteiger partial charge in [0.1, 0.15) is 5.52 Å². The maximum atomic E-state index is 5.59. The maximum absolute atomic E-state index is 5.59. The van der Waals surface area contributed by atoms with Gasteiger partial charge in [-0.3, -0.25) is 0 Å². The standard InChI is InChI=1S/C64H43N3/c1-5-19-44(20-6-1)47-25-15-26-48(37-47)49-27-16-28-50(38-49)51-29-18-32-54(40-51)64-65-61(63-62(66-64)59-35-13-14-36-60(59)67(63)58-33-11-4-12-34-58)53-31-17-30-52(39-53)57-42-55(45-21-7-2-8-22-45)41-56(43-57)46-23-9-3-10-24-46/h1-43H. The molecule has 67 heavy (non-hydrogen) atoms. The Hall–Kier alpha value is -8.92. The van der Waals surface area contributed by atoms with Crippen LogP contribution in [0.5, 0.6) is 0 Å². The van der Waals surface area contributed by atoms with Gasteiger partial charge in [-0.25, -0.2) is 9.97 Å². The highest BCUT2D eigenvalue weighted by Crippen LogP contribution is 2.41. The van der Waals surface area contributed by atoms with Crippen LogP contribution in [0, 0.1) is 0 Å². The lowest BCUT2D eigenvalue weighted by Crippen LogP contribution is -2.00. The van der Waals surface area contributed by atoms with Crippen LogP contribution >= 0.6 is 0 Å². The number of para-hydroxylation sites is 2. The number of hydrogen-bond donors (Lipinski definition) is 0. The minimum atomic E-state index is 0.676. The second-order valence-electron chi connectivity index (χ2n) is 17.0. The van der Waals surface area contributed by atoms with Crippen molar-refractivity contribution in [3.8, 4) is 95.1 Å². The molecular formula is C64H43N3. The van der Waals surface area contributed by atoms with Crippen LogP contribution < -0.4 is 0 Å². The molecule has 0 aliphatic heterocycles. The summed E-state index contributed by atoms with van der Waals surface area (Å²) in [5, 5.41) is 1.08. The zero-order valence-electron chi connectivity index (χ0n) is 36.7. The van der Waals surface area contributed by atoms with Gasteiger partial charge in [0.05, 0.1) is 16.7 Å². The van der Waals surface area contributed by atoms with Crippen molar-refractivity contribution in [3.63, 3.8) is 0 Å². The highest BCUT2D eigenvalue weighted by Gasteiger charge is 2.22. The number of hydrogen-bond acceptors (Lipinski definition) is 2. The van der Waals surface area contributed by atoms with Gasteiger partial charge in [-0.15, -0.1) is 0 Å². The van der Waals surface area contributed by atoms with Gasteiger partial charge >= 0.3 is 0 Å². The first-order valence-corrected chi connectivity index (χ1v) is 22.8. The molecule has 0 amide bonds. The van der Waals surface area contributed by atoms with Gasteiger partial charge < -0.3 is 4.57 Å². The predicted octanol–water partition coefficient (Wildman–Crippen LogP) is 16.9. The van der Waals surface area contributed by atoms with E-state index in [-0.39, 0.29) is 0 Å². The molecule has 0 unspecified atom stereocenters. The molecule has 0 radical (unpaired) electrons. The molecule has 0 saturated heterocycles. The SMILES string of the molecule is c1ccc(-c2cccc(-c3cccc(-c4cccc(-c5nc(-c6cccc(-c7cc(-c8ccccc8)cc(-c8ccccc8)c7)c6)c6c(n5)c5ccccc5n6-c5ccccc5)c4)c3)c2)cc1. The van der Waals surface area contributed by atoms with Crippen molar-refractivity contribution < 1.29 is 0 Å². The van der Waals surface area contributed by atoms with E-state index in [9.17, 15) is 0 Å². The van der Waals surface area contributed by atoms with Crippen molar-refractivity contribution >= 4 is 21.9 Å². The normalized spacial score (nSPS) is 11.3. The van der Waals surface area contributed by atoms with E-state index in [4.69, 9.17) is 9.97 Å². The Labute approximate surface area is 390 Å². The molecule has 3 nitrogen and oxygen atoms in total. The Morgan fingerprint density at radius 2 is 0.597 bits per heavy atom. The molecule has 12 rings (SSSR count). The molecule has 10 aromatic carbocycles. The summed E-state index contributed by atoms with van der Waals surface area (Å²) >= 11 is 0. The first-order chi connectivity index (χ1) is 33.2. The number of rotatable bonds is 9. The fourth-order valence-electron chi connectivity index (χ4n) is 9.48. The minimum absolute atomic E-state index is 0.676. The fourth-order valence-corrected chi connectivity index (χ4v) is 9.48. The van der Waals surface area contributed by atoms with E-state index >= 15 is 0 Å². The molecule has 0 spiro atoms. The minimum Gasteiger partial charge on any atom is -0.306 e. The van der Waals surface area contributed by atoms with Crippen LogP contribution in [0.1, 0.15) is 0 Å².